The summed E-state index contributed by atoms with van der Waals surface area (Å²) in [5, 5.41) is 9.18. The Morgan fingerprint density at radius 1 is 1.32 bits per heavy atom. The van der Waals surface area contributed by atoms with E-state index in [0.717, 1.165) is 18.4 Å². The summed E-state index contributed by atoms with van der Waals surface area (Å²) in [5.74, 6) is 0.469. The molecule has 7 nitrogen and oxygen atoms in total. The normalized spacial score (nSPS) is 25.4. The van der Waals surface area contributed by atoms with Crippen LogP contribution in [0.4, 0.5) is 0 Å². The number of nitrogens with zero attached hydrogens (tertiary/aromatic N) is 2. The lowest BCUT2D eigenvalue weighted by Gasteiger charge is -2.44. The first-order chi connectivity index (χ1) is 16.2. The summed E-state index contributed by atoms with van der Waals surface area (Å²) in [6.45, 7) is 4.57. The van der Waals surface area contributed by atoms with E-state index in [1.165, 1.54) is 7.11 Å². The zero-order chi connectivity index (χ0) is 24.5. The lowest BCUT2D eigenvalue weighted by Crippen LogP contribution is -2.54. The first-order valence-electron chi connectivity index (χ1n) is 11.5. The van der Waals surface area contributed by atoms with Crippen LogP contribution in [-0.4, -0.2) is 53.3 Å². The van der Waals surface area contributed by atoms with Crippen LogP contribution in [0.25, 0.3) is 0 Å². The summed E-state index contributed by atoms with van der Waals surface area (Å²) >= 11 is 6.82. The Morgan fingerprint density at radius 3 is 2.82 bits per heavy atom. The van der Waals surface area contributed by atoms with Crippen molar-refractivity contribution in [2.45, 2.75) is 63.5 Å². The molecule has 1 amide bonds. The molecular formula is C26H30ClN3O4. The van der Waals surface area contributed by atoms with Gasteiger partial charge in [0.25, 0.3) is 0 Å². The van der Waals surface area contributed by atoms with Crippen LogP contribution in [-0.2, 0) is 21.4 Å². The number of piperidine rings is 1. The quantitative estimate of drug-likeness (QED) is 0.606. The van der Waals surface area contributed by atoms with Crippen LogP contribution in [0.15, 0.2) is 36.5 Å². The van der Waals surface area contributed by atoms with Gasteiger partial charge in [0.2, 0.25) is 5.91 Å². The van der Waals surface area contributed by atoms with E-state index in [1.54, 1.807) is 23.2 Å². The molecule has 2 fully saturated rings. The molecule has 0 bridgehead atoms. The molecule has 2 saturated heterocycles. The molecule has 3 heterocycles. The van der Waals surface area contributed by atoms with Crippen LogP contribution in [0.2, 0.25) is 5.02 Å². The predicted octanol–water partition coefficient (Wildman–Crippen LogP) is 4.59. The largest absolute Gasteiger partial charge is 0.494 e. The maximum Gasteiger partial charge on any atom is 0.229 e. The smallest absolute Gasteiger partial charge is 0.229 e. The van der Waals surface area contributed by atoms with Crippen LogP contribution in [0.5, 0.6) is 5.75 Å². The van der Waals surface area contributed by atoms with Gasteiger partial charge in [-0.15, -0.1) is 0 Å². The minimum atomic E-state index is -0.625. The molecule has 1 N–H and O–H groups in total. The number of carbonyl (C=O) groups is 2. The molecule has 0 radical (unpaired) electrons. The van der Waals surface area contributed by atoms with E-state index in [9.17, 15) is 9.59 Å². The zero-order valence-electron chi connectivity index (χ0n) is 19.8. The van der Waals surface area contributed by atoms with Crippen molar-refractivity contribution < 1.29 is 19.1 Å². The molecule has 2 aliphatic heterocycles. The molecule has 8 heteroatoms. The van der Waals surface area contributed by atoms with Gasteiger partial charge < -0.3 is 9.47 Å². The molecule has 4 rings (SSSR count). The van der Waals surface area contributed by atoms with E-state index in [4.69, 9.17) is 26.5 Å². The van der Waals surface area contributed by atoms with Crippen molar-refractivity contribution >= 4 is 29.1 Å². The number of amidine groups is 1. The Labute approximate surface area is 204 Å². The Kier molecular flexibility index (Phi) is 7.05. The molecule has 0 spiro atoms. The summed E-state index contributed by atoms with van der Waals surface area (Å²) in [6.07, 6.45) is 3.83. The van der Waals surface area contributed by atoms with E-state index >= 15 is 0 Å². The summed E-state index contributed by atoms with van der Waals surface area (Å²) in [7, 11) is 1.50. The molecule has 0 saturated carbocycles. The zero-order valence-corrected chi connectivity index (χ0v) is 20.5. The first kappa shape index (κ1) is 24.4. The highest BCUT2D eigenvalue weighted by Gasteiger charge is 2.44. The van der Waals surface area contributed by atoms with Crippen molar-refractivity contribution in [1.29, 1.82) is 5.41 Å². The maximum absolute atomic E-state index is 13.3. The summed E-state index contributed by atoms with van der Waals surface area (Å²) < 4.78 is 10.9. The number of benzene rings is 1. The maximum atomic E-state index is 13.3. The number of rotatable bonds is 6. The first-order valence-corrected chi connectivity index (χ1v) is 11.9. The van der Waals surface area contributed by atoms with E-state index in [-0.39, 0.29) is 42.4 Å². The number of carbonyl (C=O) groups excluding carboxylic acids is 2. The third-order valence-corrected chi connectivity index (χ3v) is 7.26. The minimum Gasteiger partial charge on any atom is -0.494 e. The van der Waals surface area contributed by atoms with E-state index in [0.29, 0.717) is 35.2 Å². The van der Waals surface area contributed by atoms with Crippen LogP contribution in [0.1, 0.15) is 61.1 Å². The van der Waals surface area contributed by atoms with Gasteiger partial charge in [-0.3, -0.25) is 19.9 Å². The second-order valence-corrected chi connectivity index (χ2v) is 9.80. The van der Waals surface area contributed by atoms with Gasteiger partial charge in [0, 0.05) is 48.5 Å². The van der Waals surface area contributed by atoms with E-state index in [1.807, 2.05) is 32.0 Å². The molecule has 34 heavy (non-hydrogen) atoms. The second kappa shape index (κ2) is 9.84. The average molecular weight is 484 g/mol. The Bertz CT molecular complexity index is 1100. The van der Waals surface area contributed by atoms with Crippen LogP contribution >= 0.6 is 11.6 Å². The van der Waals surface area contributed by atoms with Crippen LogP contribution in [0.3, 0.4) is 0 Å². The summed E-state index contributed by atoms with van der Waals surface area (Å²) in [5.41, 5.74) is 1.08. The molecule has 3 atom stereocenters. The minimum absolute atomic E-state index is 0.00100. The van der Waals surface area contributed by atoms with E-state index in [2.05, 4.69) is 4.98 Å². The molecule has 2 aliphatic rings. The second-order valence-electron chi connectivity index (χ2n) is 9.42. The number of aromatic nitrogens is 1. The number of pyridine rings is 1. The Balaban J connectivity index is 1.57. The molecular weight excluding hydrogens is 454 g/mol. The van der Waals surface area contributed by atoms with Gasteiger partial charge >= 0.3 is 0 Å². The van der Waals surface area contributed by atoms with Gasteiger partial charge in [-0.2, -0.15) is 0 Å². The number of Topliss-reactive ketones (excluding diaryl/α,β-unsaturated/α-hetero) is 1. The van der Waals surface area contributed by atoms with Crippen LogP contribution < -0.4 is 4.74 Å². The highest BCUT2D eigenvalue weighted by Crippen LogP contribution is 2.42. The van der Waals surface area contributed by atoms with Gasteiger partial charge in [-0.05, 0) is 43.0 Å². The third-order valence-electron chi connectivity index (χ3n) is 6.82. The molecule has 2 aromatic rings. The van der Waals surface area contributed by atoms with Gasteiger partial charge in [-0.1, -0.05) is 36.7 Å². The lowest BCUT2D eigenvalue weighted by atomic mass is 9.72. The van der Waals surface area contributed by atoms with Crippen molar-refractivity contribution in [2.24, 2.45) is 0 Å². The molecule has 1 aromatic carbocycles. The average Bonchev–Trinajstić information content (AvgIpc) is 2.79. The SMILES string of the molecule is COc1cccnc1C(=O)Cc1cccc([C@@]2(C)CC(=N)N([C@@H]3CCO[C@H](C)C3)C(=O)C2)c1Cl. The predicted molar refractivity (Wildman–Crippen MR) is 130 cm³/mol. The standard InChI is InChI=1S/C26H30ClN3O4/c1-16-12-18(9-11-34-16)30-22(28)14-26(2,15-23(30)32)19-7-4-6-17(24(19)27)13-20(31)25-21(33-3)8-5-10-29-25/h4-8,10,16,18,28H,9,11-15H2,1-3H3/t16-,18-,26+/m1/s1. The molecule has 0 unspecified atom stereocenters. The van der Waals surface area contributed by atoms with Crippen LogP contribution in [0, 0.1) is 5.41 Å². The van der Waals surface area contributed by atoms with Crippen molar-refractivity contribution in [3.63, 3.8) is 0 Å². The lowest BCUT2D eigenvalue weighted by molar-refractivity contribution is -0.134. The summed E-state index contributed by atoms with van der Waals surface area (Å²) in [4.78, 5) is 32.0. The topological polar surface area (TPSA) is 92.6 Å². The Hall–Kier alpha value is -2.77. The number of ketones is 1. The number of methoxy groups -OCH3 is 1. The van der Waals surface area contributed by atoms with Gasteiger partial charge in [0.1, 0.15) is 17.3 Å². The summed E-state index contributed by atoms with van der Waals surface area (Å²) in [6, 6.07) is 8.97. The van der Waals surface area contributed by atoms with E-state index < -0.39 is 5.41 Å². The van der Waals surface area contributed by atoms with Gasteiger partial charge in [0.15, 0.2) is 5.78 Å². The monoisotopic (exact) mass is 483 g/mol. The van der Waals surface area contributed by atoms with Crippen molar-refractivity contribution in [1.82, 2.24) is 9.88 Å². The fourth-order valence-corrected chi connectivity index (χ4v) is 5.53. The van der Waals surface area contributed by atoms with Crippen molar-refractivity contribution in [3.05, 3.63) is 58.4 Å². The third kappa shape index (κ3) is 4.72. The number of amides is 1. The fourth-order valence-electron chi connectivity index (χ4n) is 5.11. The number of ether oxygens (including phenoxy) is 2. The number of nitrogens with one attached hydrogen (secondary N) is 1. The highest BCUT2D eigenvalue weighted by atomic mass is 35.5. The number of hydrogen-bond acceptors (Lipinski definition) is 6. The Morgan fingerprint density at radius 2 is 2.12 bits per heavy atom. The molecule has 180 valence electrons. The number of likely N-dealkylation sites (tertiary alicyclic amines) is 1. The number of halogens is 1. The van der Waals surface area contributed by atoms with Crippen molar-refractivity contribution in [2.75, 3.05) is 13.7 Å². The number of hydrogen-bond donors (Lipinski definition) is 1. The van der Waals surface area contributed by atoms with Gasteiger partial charge in [-0.25, -0.2) is 4.98 Å². The van der Waals surface area contributed by atoms with Gasteiger partial charge in [0.05, 0.1) is 13.2 Å². The molecule has 1 aromatic heterocycles. The highest BCUT2D eigenvalue weighted by molar-refractivity contribution is 6.32. The molecule has 0 aliphatic carbocycles. The van der Waals surface area contributed by atoms with Crippen molar-refractivity contribution in [3.8, 4) is 5.75 Å². The fraction of sp³-hybridized carbons (Fsp3) is 0.462.